The van der Waals surface area contributed by atoms with Gasteiger partial charge in [0.25, 0.3) is 0 Å². The Bertz CT molecular complexity index is 723. The van der Waals surface area contributed by atoms with Crippen LogP contribution < -0.4 is 5.73 Å². The van der Waals surface area contributed by atoms with Crippen molar-refractivity contribution in [2.24, 2.45) is 0 Å². The number of benzene rings is 2. The third-order valence-corrected chi connectivity index (χ3v) is 2.96. The number of hydrogen-bond donors (Lipinski definition) is 2. The van der Waals surface area contributed by atoms with E-state index in [1.807, 2.05) is 36.4 Å². The summed E-state index contributed by atoms with van der Waals surface area (Å²) in [7, 11) is 0. The smallest absolute Gasteiger partial charge is 0.124 e. The number of hydrogen-bond acceptors (Lipinski definition) is 3. The van der Waals surface area contributed by atoms with E-state index in [0.29, 0.717) is 5.82 Å². The van der Waals surface area contributed by atoms with Crippen LogP contribution in [0.5, 0.6) is 5.75 Å². The Hall–Kier alpha value is -2.55. The summed E-state index contributed by atoms with van der Waals surface area (Å²) >= 11 is 0. The lowest BCUT2D eigenvalue weighted by Crippen LogP contribution is -1.89. The van der Waals surface area contributed by atoms with Crippen molar-refractivity contribution >= 4 is 16.6 Å². The average Bonchev–Trinajstić information content (AvgIpc) is 2.38. The Morgan fingerprint density at radius 1 is 0.944 bits per heavy atom. The first-order chi connectivity index (χ1) is 8.74. The van der Waals surface area contributed by atoms with E-state index in [0.717, 1.165) is 21.9 Å². The molecule has 0 spiro atoms. The van der Waals surface area contributed by atoms with Crippen LogP contribution in [0.15, 0.2) is 54.7 Å². The van der Waals surface area contributed by atoms with Crippen molar-refractivity contribution in [1.82, 2.24) is 4.98 Å². The van der Waals surface area contributed by atoms with Crippen LogP contribution in [-0.4, -0.2) is 10.1 Å². The monoisotopic (exact) mass is 236 g/mol. The number of aromatic nitrogens is 1. The van der Waals surface area contributed by atoms with Gasteiger partial charge in [-0.25, -0.2) is 4.98 Å². The summed E-state index contributed by atoms with van der Waals surface area (Å²) in [6, 6.07) is 15.2. The number of fused-ring (bicyclic) bond motifs is 1. The highest BCUT2D eigenvalue weighted by molar-refractivity contribution is 5.90. The van der Waals surface area contributed by atoms with Crippen LogP contribution in [0.2, 0.25) is 0 Å². The summed E-state index contributed by atoms with van der Waals surface area (Å²) < 4.78 is 0. The fourth-order valence-electron chi connectivity index (χ4n) is 2.08. The molecular weight excluding hydrogens is 224 g/mol. The van der Waals surface area contributed by atoms with Gasteiger partial charge in [-0.2, -0.15) is 0 Å². The lowest BCUT2D eigenvalue weighted by Gasteiger charge is -2.07. The Labute approximate surface area is 105 Å². The molecule has 3 heteroatoms. The summed E-state index contributed by atoms with van der Waals surface area (Å²) in [5.41, 5.74) is 7.30. The SMILES string of the molecule is Nc1cc(-c2cc3ccccc3cc2O)ccn1. The first-order valence-corrected chi connectivity index (χ1v) is 5.68. The van der Waals surface area contributed by atoms with Gasteiger partial charge < -0.3 is 10.8 Å². The molecule has 0 atom stereocenters. The van der Waals surface area contributed by atoms with E-state index in [1.165, 1.54) is 0 Å². The number of aromatic hydroxyl groups is 1. The molecule has 3 N–H and O–H groups in total. The van der Waals surface area contributed by atoms with Crippen LogP contribution >= 0.6 is 0 Å². The molecule has 0 fully saturated rings. The molecule has 0 amide bonds. The zero-order valence-electron chi connectivity index (χ0n) is 9.67. The molecule has 0 aliphatic rings. The normalized spacial score (nSPS) is 10.7. The van der Waals surface area contributed by atoms with E-state index in [9.17, 15) is 5.11 Å². The number of nitrogen functional groups attached to an aromatic ring is 1. The van der Waals surface area contributed by atoms with E-state index in [4.69, 9.17) is 5.73 Å². The average molecular weight is 236 g/mol. The first-order valence-electron chi connectivity index (χ1n) is 5.68. The number of rotatable bonds is 1. The maximum Gasteiger partial charge on any atom is 0.124 e. The van der Waals surface area contributed by atoms with Crippen molar-refractivity contribution in [3.05, 3.63) is 54.7 Å². The van der Waals surface area contributed by atoms with Gasteiger partial charge in [0.2, 0.25) is 0 Å². The van der Waals surface area contributed by atoms with Gasteiger partial charge in [0.1, 0.15) is 11.6 Å². The van der Waals surface area contributed by atoms with Crippen LogP contribution in [0.3, 0.4) is 0 Å². The van der Waals surface area contributed by atoms with Crippen LogP contribution in [0.1, 0.15) is 0 Å². The Morgan fingerprint density at radius 2 is 1.67 bits per heavy atom. The first kappa shape index (κ1) is 10.6. The summed E-state index contributed by atoms with van der Waals surface area (Å²) in [4.78, 5) is 3.95. The molecular formula is C15H12N2O. The van der Waals surface area contributed by atoms with E-state index in [-0.39, 0.29) is 5.75 Å². The molecule has 1 heterocycles. The van der Waals surface area contributed by atoms with Crippen LogP contribution in [0.4, 0.5) is 5.82 Å². The second-order valence-electron chi connectivity index (χ2n) is 4.19. The summed E-state index contributed by atoms with van der Waals surface area (Å²) in [5.74, 6) is 0.694. The number of phenols is 1. The largest absolute Gasteiger partial charge is 0.507 e. The predicted molar refractivity (Wildman–Crippen MR) is 73.3 cm³/mol. The highest BCUT2D eigenvalue weighted by Gasteiger charge is 2.06. The molecule has 88 valence electrons. The molecule has 0 aliphatic heterocycles. The maximum absolute atomic E-state index is 10.1. The molecule has 1 aromatic heterocycles. The number of nitrogens with zero attached hydrogens (tertiary/aromatic N) is 1. The Kier molecular flexibility index (Phi) is 2.38. The molecule has 2 aromatic carbocycles. The highest BCUT2D eigenvalue weighted by Crippen LogP contribution is 2.33. The van der Waals surface area contributed by atoms with E-state index < -0.39 is 0 Å². The highest BCUT2D eigenvalue weighted by atomic mass is 16.3. The maximum atomic E-state index is 10.1. The van der Waals surface area contributed by atoms with E-state index in [1.54, 1.807) is 18.3 Å². The quantitative estimate of drug-likeness (QED) is 0.682. The van der Waals surface area contributed by atoms with Gasteiger partial charge in [-0.15, -0.1) is 0 Å². The van der Waals surface area contributed by atoms with Gasteiger partial charge in [-0.1, -0.05) is 24.3 Å². The van der Waals surface area contributed by atoms with Crippen LogP contribution in [-0.2, 0) is 0 Å². The standard InChI is InChI=1S/C15H12N2O/c16-15-9-12(5-6-17-15)13-7-10-3-1-2-4-11(10)8-14(13)18/h1-9,18H,(H2,16,17). The Morgan fingerprint density at radius 3 is 2.39 bits per heavy atom. The minimum absolute atomic E-state index is 0.249. The van der Waals surface area contributed by atoms with Gasteiger partial charge in [0, 0.05) is 11.8 Å². The van der Waals surface area contributed by atoms with Gasteiger partial charge >= 0.3 is 0 Å². The topological polar surface area (TPSA) is 59.1 Å². The predicted octanol–water partition coefficient (Wildman–Crippen LogP) is 3.19. The molecule has 3 aromatic rings. The minimum atomic E-state index is 0.249. The zero-order chi connectivity index (χ0) is 12.5. The van der Waals surface area contributed by atoms with E-state index in [2.05, 4.69) is 4.98 Å². The zero-order valence-corrected chi connectivity index (χ0v) is 9.67. The fraction of sp³-hybridized carbons (Fsp3) is 0. The molecule has 3 nitrogen and oxygen atoms in total. The second-order valence-corrected chi connectivity index (χ2v) is 4.19. The van der Waals surface area contributed by atoms with Crippen molar-refractivity contribution in [2.75, 3.05) is 5.73 Å². The molecule has 0 saturated carbocycles. The number of phenolic OH excluding ortho intramolecular Hbond substituents is 1. The molecule has 18 heavy (non-hydrogen) atoms. The van der Waals surface area contributed by atoms with Gasteiger partial charge in [0.15, 0.2) is 0 Å². The van der Waals surface area contributed by atoms with Crippen molar-refractivity contribution in [3.8, 4) is 16.9 Å². The summed E-state index contributed by atoms with van der Waals surface area (Å²) in [5, 5.41) is 12.2. The molecule has 0 radical (unpaired) electrons. The minimum Gasteiger partial charge on any atom is -0.507 e. The van der Waals surface area contributed by atoms with Crippen LogP contribution in [0, 0.1) is 0 Å². The lowest BCUT2D eigenvalue weighted by atomic mass is 10.0. The second kappa shape index (κ2) is 4.04. The third kappa shape index (κ3) is 1.76. The molecule has 0 saturated heterocycles. The summed E-state index contributed by atoms with van der Waals surface area (Å²) in [6.45, 7) is 0. The summed E-state index contributed by atoms with van der Waals surface area (Å²) in [6.07, 6.45) is 1.64. The number of nitrogens with two attached hydrogens (primary N) is 1. The molecule has 0 aliphatic carbocycles. The number of pyridine rings is 1. The molecule has 0 bridgehead atoms. The number of anilines is 1. The Balaban J connectivity index is 2.26. The van der Waals surface area contributed by atoms with Crippen LogP contribution in [0.25, 0.3) is 21.9 Å². The van der Waals surface area contributed by atoms with Crippen molar-refractivity contribution in [3.63, 3.8) is 0 Å². The van der Waals surface area contributed by atoms with Crippen molar-refractivity contribution in [1.29, 1.82) is 0 Å². The molecule has 0 unspecified atom stereocenters. The van der Waals surface area contributed by atoms with Crippen molar-refractivity contribution < 1.29 is 5.11 Å². The third-order valence-electron chi connectivity index (χ3n) is 2.96. The van der Waals surface area contributed by atoms with Gasteiger partial charge in [-0.05, 0) is 40.6 Å². The van der Waals surface area contributed by atoms with E-state index >= 15 is 0 Å². The van der Waals surface area contributed by atoms with Crippen molar-refractivity contribution in [2.45, 2.75) is 0 Å². The van der Waals surface area contributed by atoms with Gasteiger partial charge in [-0.3, -0.25) is 0 Å². The van der Waals surface area contributed by atoms with Gasteiger partial charge in [0.05, 0.1) is 0 Å². The fourth-order valence-corrected chi connectivity index (χ4v) is 2.08. The molecule has 3 rings (SSSR count). The lowest BCUT2D eigenvalue weighted by molar-refractivity contribution is 0.478.